The molecule has 1 saturated heterocycles. The Morgan fingerprint density at radius 1 is 1.23 bits per heavy atom. The molecule has 0 spiro atoms. The van der Waals surface area contributed by atoms with Gasteiger partial charge in [-0.3, -0.25) is 9.59 Å². The van der Waals surface area contributed by atoms with E-state index in [2.05, 4.69) is 10.6 Å². The lowest BCUT2D eigenvalue weighted by Gasteiger charge is -2.32. The molecule has 9 heteroatoms. The van der Waals surface area contributed by atoms with Crippen molar-refractivity contribution in [1.82, 2.24) is 15.5 Å². The number of hydrogen-bond acceptors (Lipinski definition) is 3. The second-order valence-electron chi connectivity index (χ2n) is 6.16. The normalized spacial score (nSPS) is 17.4. The van der Waals surface area contributed by atoms with Crippen molar-refractivity contribution in [2.45, 2.75) is 19.0 Å². The van der Waals surface area contributed by atoms with Crippen LogP contribution in [0.5, 0.6) is 0 Å². The zero-order valence-electron chi connectivity index (χ0n) is 14.4. The minimum Gasteiger partial charge on any atom is -0.343 e. The van der Waals surface area contributed by atoms with E-state index >= 15 is 0 Å². The molecule has 1 aliphatic rings. The van der Waals surface area contributed by atoms with Gasteiger partial charge >= 0.3 is 6.18 Å². The first-order chi connectivity index (χ1) is 11.8. The lowest BCUT2D eigenvalue weighted by molar-refractivity contribution is -0.137. The highest BCUT2D eigenvalue weighted by molar-refractivity contribution is 5.96. The van der Waals surface area contributed by atoms with Crippen molar-refractivity contribution in [3.05, 3.63) is 35.4 Å². The van der Waals surface area contributed by atoms with Crippen LogP contribution < -0.4 is 10.6 Å². The summed E-state index contributed by atoms with van der Waals surface area (Å²) in [5, 5.41) is 5.57. The molecule has 0 saturated carbocycles. The van der Waals surface area contributed by atoms with Gasteiger partial charge in [0, 0.05) is 18.7 Å². The van der Waals surface area contributed by atoms with Crippen molar-refractivity contribution in [1.29, 1.82) is 0 Å². The predicted molar refractivity (Wildman–Crippen MR) is 94.3 cm³/mol. The molecule has 1 atom stereocenters. The highest BCUT2D eigenvalue weighted by atomic mass is 35.5. The van der Waals surface area contributed by atoms with Crippen LogP contribution in [0, 0.1) is 5.92 Å². The van der Waals surface area contributed by atoms with Gasteiger partial charge in [0.2, 0.25) is 5.91 Å². The number of nitrogens with one attached hydrogen (secondary N) is 2. The van der Waals surface area contributed by atoms with E-state index in [4.69, 9.17) is 0 Å². The summed E-state index contributed by atoms with van der Waals surface area (Å²) < 4.78 is 37.5. The van der Waals surface area contributed by atoms with Crippen LogP contribution in [0.1, 0.15) is 28.8 Å². The van der Waals surface area contributed by atoms with E-state index in [1.54, 1.807) is 4.90 Å². The molecule has 1 aromatic carbocycles. The Kier molecular flexibility index (Phi) is 8.36. The number of alkyl halides is 3. The monoisotopic (exact) mass is 393 g/mol. The minimum absolute atomic E-state index is 0. The molecule has 2 amide bonds. The number of amides is 2. The summed E-state index contributed by atoms with van der Waals surface area (Å²) in [6.07, 6.45) is -2.46. The fraction of sp³-hybridized carbons (Fsp3) is 0.529. The summed E-state index contributed by atoms with van der Waals surface area (Å²) in [7, 11) is 1.87. The van der Waals surface area contributed by atoms with Crippen molar-refractivity contribution < 1.29 is 22.8 Å². The lowest BCUT2D eigenvalue weighted by Crippen LogP contribution is -2.46. The third kappa shape index (κ3) is 6.17. The summed E-state index contributed by atoms with van der Waals surface area (Å²) in [5.41, 5.74) is -0.725. The number of halogens is 4. The van der Waals surface area contributed by atoms with Gasteiger partial charge in [-0.25, -0.2) is 0 Å². The maximum absolute atomic E-state index is 12.5. The van der Waals surface area contributed by atoms with Gasteiger partial charge in [0.15, 0.2) is 0 Å². The smallest absolute Gasteiger partial charge is 0.343 e. The van der Waals surface area contributed by atoms with E-state index in [0.717, 1.165) is 43.7 Å². The van der Waals surface area contributed by atoms with Crippen LogP contribution in [-0.2, 0) is 11.0 Å². The molecule has 2 rings (SSSR count). The van der Waals surface area contributed by atoms with Crippen molar-refractivity contribution >= 4 is 24.2 Å². The molecule has 0 bridgehead atoms. The van der Waals surface area contributed by atoms with Crippen molar-refractivity contribution in [3.8, 4) is 0 Å². The highest BCUT2D eigenvalue weighted by Gasteiger charge is 2.30. The van der Waals surface area contributed by atoms with E-state index in [-0.39, 0.29) is 30.4 Å². The molecule has 0 radical (unpaired) electrons. The van der Waals surface area contributed by atoms with Gasteiger partial charge in [0.1, 0.15) is 0 Å². The molecule has 1 fully saturated rings. The minimum atomic E-state index is -4.44. The summed E-state index contributed by atoms with van der Waals surface area (Å²) in [6.45, 7) is 1.98. The first kappa shape index (κ1) is 22.2. The van der Waals surface area contributed by atoms with Crippen LogP contribution in [0.25, 0.3) is 0 Å². The van der Waals surface area contributed by atoms with Gasteiger partial charge in [-0.15, -0.1) is 12.4 Å². The van der Waals surface area contributed by atoms with Crippen LogP contribution >= 0.6 is 12.4 Å². The van der Waals surface area contributed by atoms with Gasteiger partial charge in [-0.05, 0) is 56.6 Å². The lowest BCUT2D eigenvalue weighted by atomic mass is 9.98. The van der Waals surface area contributed by atoms with Gasteiger partial charge < -0.3 is 15.5 Å². The first-order valence-electron chi connectivity index (χ1n) is 8.19. The molecule has 146 valence electrons. The quantitative estimate of drug-likeness (QED) is 0.807. The second-order valence-corrected chi connectivity index (χ2v) is 6.16. The number of piperidine rings is 1. The zero-order chi connectivity index (χ0) is 18.4. The molecule has 2 N–H and O–H groups in total. The van der Waals surface area contributed by atoms with Gasteiger partial charge in [-0.2, -0.15) is 13.2 Å². The number of rotatable bonds is 5. The molecule has 26 heavy (non-hydrogen) atoms. The standard InChI is InChI=1S/C17H22F3N3O2.ClH/c1-21-9-12-3-2-8-23(11-12)15(24)10-22-16(25)13-4-6-14(7-5-13)17(18,19)20;/h4-7,12,21H,2-3,8-11H2,1H3,(H,22,25);1H. The molecule has 1 aromatic rings. The first-order valence-corrected chi connectivity index (χ1v) is 8.19. The maximum Gasteiger partial charge on any atom is 0.416 e. The third-order valence-corrected chi connectivity index (χ3v) is 4.24. The Bertz CT molecular complexity index is 606. The number of carbonyl (C=O) groups is 2. The summed E-state index contributed by atoms with van der Waals surface area (Å²) >= 11 is 0. The predicted octanol–water partition coefficient (Wildman–Crippen LogP) is 2.32. The molecule has 1 heterocycles. The zero-order valence-corrected chi connectivity index (χ0v) is 15.3. The summed E-state index contributed by atoms with van der Waals surface area (Å²) in [6, 6.07) is 3.91. The molecular weight excluding hydrogens is 371 g/mol. The number of hydrogen-bond donors (Lipinski definition) is 2. The van der Waals surface area contributed by atoms with E-state index < -0.39 is 17.6 Å². The fourth-order valence-corrected chi connectivity index (χ4v) is 2.93. The molecule has 0 aromatic heterocycles. The largest absolute Gasteiger partial charge is 0.416 e. The SMILES string of the molecule is CNCC1CCCN(C(=O)CNC(=O)c2ccc(C(F)(F)F)cc2)C1.Cl. The van der Waals surface area contributed by atoms with Crippen LogP contribution in [0.3, 0.4) is 0 Å². The van der Waals surface area contributed by atoms with Crippen LogP contribution in [-0.4, -0.2) is 49.9 Å². The number of likely N-dealkylation sites (tertiary alicyclic amines) is 1. The Labute approximate surface area is 156 Å². The Hall–Kier alpha value is -1.80. The highest BCUT2D eigenvalue weighted by Crippen LogP contribution is 2.29. The summed E-state index contributed by atoms with van der Waals surface area (Å²) in [5.74, 6) is -0.347. The number of carbonyl (C=O) groups excluding carboxylic acids is 2. The average molecular weight is 394 g/mol. The van der Waals surface area contributed by atoms with Gasteiger partial charge in [-0.1, -0.05) is 0 Å². The topological polar surface area (TPSA) is 61.4 Å². The van der Waals surface area contributed by atoms with E-state index in [0.29, 0.717) is 19.0 Å². The Balaban J connectivity index is 0.00000338. The van der Waals surface area contributed by atoms with Crippen LogP contribution in [0.15, 0.2) is 24.3 Å². The number of nitrogens with zero attached hydrogens (tertiary/aromatic N) is 1. The molecule has 1 unspecified atom stereocenters. The van der Waals surface area contributed by atoms with E-state index in [1.807, 2.05) is 7.05 Å². The summed E-state index contributed by atoms with van der Waals surface area (Å²) in [4.78, 5) is 25.9. The van der Waals surface area contributed by atoms with Crippen molar-refractivity contribution in [2.24, 2.45) is 5.92 Å². The Morgan fingerprint density at radius 2 is 1.88 bits per heavy atom. The van der Waals surface area contributed by atoms with Crippen LogP contribution in [0.4, 0.5) is 13.2 Å². The molecule has 0 aliphatic carbocycles. The second kappa shape index (κ2) is 9.78. The molecular formula is C17H23ClF3N3O2. The van der Waals surface area contributed by atoms with Crippen molar-refractivity contribution in [2.75, 3.05) is 33.2 Å². The maximum atomic E-state index is 12.5. The van der Waals surface area contributed by atoms with Gasteiger partial charge in [0.25, 0.3) is 5.91 Å². The van der Waals surface area contributed by atoms with E-state index in [9.17, 15) is 22.8 Å². The third-order valence-electron chi connectivity index (χ3n) is 4.24. The molecule has 1 aliphatic heterocycles. The number of benzene rings is 1. The van der Waals surface area contributed by atoms with Crippen LogP contribution in [0.2, 0.25) is 0 Å². The van der Waals surface area contributed by atoms with Gasteiger partial charge in [0.05, 0.1) is 12.1 Å². The average Bonchev–Trinajstić information content (AvgIpc) is 2.59. The molecule has 5 nitrogen and oxygen atoms in total. The Morgan fingerprint density at radius 3 is 2.46 bits per heavy atom. The fourth-order valence-electron chi connectivity index (χ4n) is 2.93. The van der Waals surface area contributed by atoms with Crippen molar-refractivity contribution in [3.63, 3.8) is 0 Å². The van der Waals surface area contributed by atoms with E-state index in [1.165, 1.54) is 0 Å².